The predicted octanol–water partition coefficient (Wildman–Crippen LogP) is 2.92. The lowest BCUT2D eigenvalue weighted by Gasteiger charge is -2.21. The number of aromatic nitrogens is 3. The standard InChI is InChI=1S/C15H24N4O/c1-5-7-16-15(11(2)3)13-6-8-19(9-13)10-14-17-12(4)18-20-14/h6,8-9,11,15-16H,5,7,10H2,1-4H3. The smallest absolute Gasteiger partial charge is 0.246 e. The number of hydrogen-bond acceptors (Lipinski definition) is 4. The molecule has 5 nitrogen and oxygen atoms in total. The molecule has 0 radical (unpaired) electrons. The van der Waals surface area contributed by atoms with Crippen LogP contribution >= 0.6 is 0 Å². The van der Waals surface area contributed by atoms with Crippen LogP contribution in [0.4, 0.5) is 0 Å². The van der Waals surface area contributed by atoms with Crippen LogP contribution in [0.2, 0.25) is 0 Å². The van der Waals surface area contributed by atoms with Crippen molar-refractivity contribution in [1.29, 1.82) is 0 Å². The van der Waals surface area contributed by atoms with E-state index in [4.69, 9.17) is 4.52 Å². The highest BCUT2D eigenvalue weighted by Gasteiger charge is 2.16. The second kappa shape index (κ2) is 6.70. The molecule has 0 aliphatic rings. The van der Waals surface area contributed by atoms with Crippen LogP contribution in [0.5, 0.6) is 0 Å². The van der Waals surface area contributed by atoms with E-state index in [0.29, 0.717) is 30.2 Å². The molecule has 5 heteroatoms. The van der Waals surface area contributed by atoms with Crippen LogP contribution in [0.3, 0.4) is 0 Å². The molecule has 0 saturated heterocycles. The topological polar surface area (TPSA) is 55.9 Å². The Morgan fingerprint density at radius 3 is 2.80 bits per heavy atom. The fourth-order valence-corrected chi connectivity index (χ4v) is 2.34. The maximum Gasteiger partial charge on any atom is 0.246 e. The number of aryl methyl sites for hydroxylation is 1. The monoisotopic (exact) mass is 276 g/mol. The van der Waals surface area contributed by atoms with Crippen molar-refractivity contribution in [3.8, 4) is 0 Å². The zero-order valence-corrected chi connectivity index (χ0v) is 12.8. The maximum atomic E-state index is 5.15. The summed E-state index contributed by atoms with van der Waals surface area (Å²) in [5.41, 5.74) is 1.31. The number of nitrogens with one attached hydrogen (secondary N) is 1. The highest BCUT2D eigenvalue weighted by Crippen LogP contribution is 2.22. The van der Waals surface area contributed by atoms with E-state index in [1.807, 2.05) is 6.92 Å². The Hall–Kier alpha value is -1.62. The third-order valence-electron chi connectivity index (χ3n) is 3.30. The lowest BCUT2D eigenvalue weighted by Crippen LogP contribution is -2.26. The van der Waals surface area contributed by atoms with Crippen LogP contribution in [-0.4, -0.2) is 21.3 Å². The highest BCUT2D eigenvalue weighted by molar-refractivity contribution is 5.16. The average molecular weight is 276 g/mol. The molecular formula is C15H24N4O. The zero-order chi connectivity index (χ0) is 14.5. The lowest BCUT2D eigenvalue weighted by molar-refractivity contribution is 0.367. The van der Waals surface area contributed by atoms with Crippen molar-refractivity contribution >= 4 is 0 Å². The first-order valence-corrected chi connectivity index (χ1v) is 7.28. The zero-order valence-electron chi connectivity index (χ0n) is 12.8. The minimum absolute atomic E-state index is 0.389. The minimum atomic E-state index is 0.389. The Morgan fingerprint density at radius 1 is 1.40 bits per heavy atom. The molecule has 0 spiro atoms. The van der Waals surface area contributed by atoms with E-state index < -0.39 is 0 Å². The highest BCUT2D eigenvalue weighted by atomic mass is 16.5. The van der Waals surface area contributed by atoms with Gasteiger partial charge in [-0.2, -0.15) is 4.98 Å². The molecule has 0 amide bonds. The van der Waals surface area contributed by atoms with Gasteiger partial charge in [-0.1, -0.05) is 25.9 Å². The predicted molar refractivity (Wildman–Crippen MR) is 78.4 cm³/mol. The van der Waals surface area contributed by atoms with Crippen LogP contribution in [0.15, 0.2) is 23.0 Å². The van der Waals surface area contributed by atoms with E-state index in [1.54, 1.807) is 0 Å². The second-order valence-corrected chi connectivity index (χ2v) is 5.53. The second-order valence-electron chi connectivity index (χ2n) is 5.53. The normalized spacial score (nSPS) is 13.1. The van der Waals surface area contributed by atoms with Crippen LogP contribution in [0.25, 0.3) is 0 Å². The van der Waals surface area contributed by atoms with Crippen molar-refractivity contribution in [2.45, 2.75) is 46.7 Å². The Bertz CT molecular complexity index is 529. The van der Waals surface area contributed by atoms with Gasteiger partial charge in [0.15, 0.2) is 5.82 Å². The van der Waals surface area contributed by atoms with Crippen molar-refractivity contribution in [1.82, 2.24) is 20.0 Å². The Balaban J connectivity index is 2.06. The van der Waals surface area contributed by atoms with Gasteiger partial charge in [-0.3, -0.25) is 0 Å². The van der Waals surface area contributed by atoms with Crippen LogP contribution in [0.1, 0.15) is 50.5 Å². The van der Waals surface area contributed by atoms with Gasteiger partial charge in [0.1, 0.15) is 6.54 Å². The van der Waals surface area contributed by atoms with Gasteiger partial charge in [-0.05, 0) is 37.4 Å². The summed E-state index contributed by atoms with van der Waals surface area (Å²) >= 11 is 0. The molecule has 0 aliphatic carbocycles. The molecule has 2 aromatic rings. The quantitative estimate of drug-likeness (QED) is 0.844. The largest absolute Gasteiger partial charge is 0.345 e. The third kappa shape index (κ3) is 3.70. The molecule has 0 saturated carbocycles. The summed E-state index contributed by atoms with van der Waals surface area (Å²) in [5, 5.41) is 7.41. The Kier molecular flexibility index (Phi) is 4.95. The minimum Gasteiger partial charge on any atom is -0.345 e. The first-order valence-electron chi connectivity index (χ1n) is 7.28. The first-order chi connectivity index (χ1) is 9.60. The summed E-state index contributed by atoms with van der Waals surface area (Å²) < 4.78 is 7.24. The van der Waals surface area contributed by atoms with Crippen molar-refractivity contribution < 1.29 is 4.52 Å². The molecule has 0 bridgehead atoms. The van der Waals surface area contributed by atoms with Crippen LogP contribution in [-0.2, 0) is 6.54 Å². The fourth-order valence-electron chi connectivity index (χ4n) is 2.34. The molecule has 2 heterocycles. The molecule has 1 unspecified atom stereocenters. The molecule has 110 valence electrons. The molecule has 2 aromatic heterocycles. The Morgan fingerprint density at radius 2 is 2.20 bits per heavy atom. The van der Waals surface area contributed by atoms with Crippen molar-refractivity contribution in [3.63, 3.8) is 0 Å². The third-order valence-corrected chi connectivity index (χ3v) is 3.30. The van der Waals surface area contributed by atoms with Crippen molar-refractivity contribution in [2.24, 2.45) is 5.92 Å². The molecule has 1 N–H and O–H groups in total. The summed E-state index contributed by atoms with van der Waals surface area (Å²) in [6.07, 6.45) is 5.37. The van der Waals surface area contributed by atoms with E-state index in [9.17, 15) is 0 Å². The number of rotatable bonds is 7. The molecule has 0 fully saturated rings. The van der Waals surface area contributed by atoms with Crippen molar-refractivity contribution in [2.75, 3.05) is 6.54 Å². The summed E-state index contributed by atoms with van der Waals surface area (Å²) in [5.74, 6) is 1.88. The van der Waals surface area contributed by atoms with Gasteiger partial charge in [0.05, 0.1) is 0 Å². The van der Waals surface area contributed by atoms with Crippen molar-refractivity contribution in [3.05, 3.63) is 35.7 Å². The van der Waals surface area contributed by atoms with Gasteiger partial charge >= 0.3 is 0 Å². The molecule has 2 rings (SSSR count). The van der Waals surface area contributed by atoms with E-state index >= 15 is 0 Å². The molecular weight excluding hydrogens is 252 g/mol. The molecule has 0 aliphatic heterocycles. The van der Waals surface area contributed by atoms with E-state index in [1.165, 1.54) is 5.56 Å². The van der Waals surface area contributed by atoms with Crippen LogP contribution < -0.4 is 5.32 Å². The van der Waals surface area contributed by atoms with Crippen LogP contribution in [0, 0.1) is 12.8 Å². The molecule has 20 heavy (non-hydrogen) atoms. The number of nitrogens with zero attached hydrogens (tertiary/aromatic N) is 3. The molecule has 1 atom stereocenters. The number of hydrogen-bond donors (Lipinski definition) is 1. The van der Waals surface area contributed by atoms with Gasteiger partial charge < -0.3 is 14.4 Å². The summed E-state index contributed by atoms with van der Waals surface area (Å²) in [4.78, 5) is 4.23. The van der Waals surface area contributed by atoms with Gasteiger partial charge in [-0.15, -0.1) is 0 Å². The van der Waals surface area contributed by atoms with Gasteiger partial charge in [0.2, 0.25) is 5.89 Å². The van der Waals surface area contributed by atoms with Gasteiger partial charge in [0.25, 0.3) is 0 Å². The summed E-state index contributed by atoms with van der Waals surface area (Å²) in [6, 6.07) is 2.55. The van der Waals surface area contributed by atoms with E-state index in [-0.39, 0.29) is 0 Å². The maximum absolute atomic E-state index is 5.15. The van der Waals surface area contributed by atoms with Gasteiger partial charge in [-0.25, -0.2) is 0 Å². The lowest BCUT2D eigenvalue weighted by atomic mass is 9.98. The summed E-state index contributed by atoms with van der Waals surface area (Å²) in [7, 11) is 0. The summed E-state index contributed by atoms with van der Waals surface area (Å²) in [6.45, 7) is 10.2. The average Bonchev–Trinajstić information content (AvgIpc) is 3.00. The Labute approximate surface area is 120 Å². The fraction of sp³-hybridized carbons (Fsp3) is 0.600. The van der Waals surface area contributed by atoms with E-state index in [2.05, 4.69) is 59.3 Å². The first kappa shape index (κ1) is 14.8. The molecule has 0 aromatic carbocycles. The van der Waals surface area contributed by atoms with Gasteiger partial charge in [0, 0.05) is 18.4 Å². The SMILES string of the molecule is CCCNC(c1ccn(Cc2nc(C)no2)c1)C(C)C. The van der Waals surface area contributed by atoms with E-state index in [0.717, 1.165) is 13.0 Å².